The number of hydrogen-bond acceptors (Lipinski definition) is 4. The summed E-state index contributed by atoms with van der Waals surface area (Å²) in [4.78, 5) is 36.7. The Bertz CT molecular complexity index is 1200. The molecule has 0 aliphatic rings. The molecule has 30 heavy (non-hydrogen) atoms. The van der Waals surface area contributed by atoms with Crippen molar-refractivity contribution >= 4 is 34.4 Å². The number of pyridine rings is 1. The van der Waals surface area contributed by atoms with Crippen LogP contribution >= 0.6 is 0 Å². The summed E-state index contributed by atoms with van der Waals surface area (Å²) in [6, 6.07) is 18.0. The molecule has 0 atom stereocenters. The van der Waals surface area contributed by atoms with E-state index in [4.69, 9.17) is 0 Å². The molecule has 4 aromatic rings. The number of carbonyl (C=O) groups excluding carboxylic acids is 2. The Morgan fingerprint density at radius 3 is 2.67 bits per heavy atom. The summed E-state index contributed by atoms with van der Waals surface area (Å²) < 4.78 is 0. The van der Waals surface area contributed by atoms with Gasteiger partial charge in [0.25, 0.3) is 5.91 Å². The third-order valence-corrected chi connectivity index (χ3v) is 4.67. The average molecular weight is 399 g/mol. The minimum absolute atomic E-state index is 0.144. The van der Waals surface area contributed by atoms with E-state index >= 15 is 0 Å². The quantitative estimate of drug-likeness (QED) is 0.455. The number of anilines is 2. The van der Waals surface area contributed by atoms with Crippen molar-refractivity contribution in [3.63, 3.8) is 0 Å². The summed E-state index contributed by atoms with van der Waals surface area (Å²) in [6.07, 6.45) is 2.39. The topological polar surface area (TPSA) is 99.8 Å². The van der Waals surface area contributed by atoms with Crippen LogP contribution in [0.1, 0.15) is 28.2 Å². The van der Waals surface area contributed by atoms with Gasteiger partial charge in [-0.2, -0.15) is 0 Å². The second-order valence-corrected chi connectivity index (χ2v) is 6.95. The van der Waals surface area contributed by atoms with Gasteiger partial charge in [0.15, 0.2) is 0 Å². The molecule has 4 rings (SSSR count). The van der Waals surface area contributed by atoms with E-state index in [9.17, 15) is 9.59 Å². The molecule has 7 nitrogen and oxygen atoms in total. The molecule has 3 N–H and O–H groups in total. The van der Waals surface area contributed by atoms with Crippen LogP contribution < -0.4 is 10.6 Å². The maximum Gasteiger partial charge on any atom is 0.256 e. The molecule has 2 aromatic carbocycles. The van der Waals surface area contributed by atoms with Gasteiger partial charge in [0.05, 0.1) is 11.0 Å². The fourth-order valence-corrected chi connectivity index (χ4v) is 3.16. The standard InChI is InChI=1S/C23H21N5O2/c1-15-6-4-9-18-22(15)27-20(26-18)11-12-21(29)25-17-8-5-7-16(14-17)23(30)28-19-10-2-3-13-24-19/h2-10,13-14H,11-12H2,1H3,(H,25,29)(H,26,27)(H,24,28,30). The lowest BCUT2D eigenvalue weighted by atomic mass is 10.2. The summed E-state index contributed by atoms with van der Waals surface area (Å²) >= 11 is 0. The van der Waals surface area contributed by atoms with Crippen molar-refractivity contribution in [1.29, 1.82) is 0 Å². The highest BCUT2D eigenvalue weighted by molar-refractivity contribution is 6.04. The molecular formula is C23H21N5O2. The van der Waals surface area contributed by atoms with Crippen LogP contribution in [0, 0.1) is 6.92 Å². The molecule has 0 spiro atoms. The van der Waals surface area contributed by atoms with Gasteiger partial charge in [-0.1, -0.05) is 24.3 Å². The van der Waals surface area contributed by atoms with Gasteiger partial charge in [0.1, 0.15) is 11.6 Å². The number of aromatic nitrogens is 3. The van der Waals surface area contributed by atoms with Crippen molar-refractivity contribution in [2.75, 3.05) is 10.6 Å². The van der Waals surface area contributed by atoms with Crippen molar-refractivity contribution in [2.24, 2.45) is 0 Å². The predicted molar refractivity (Wildman–Crippen MR) is 116 cm³/mol. The Kier molecular flexibility index (Phi) is 5.52. The Morgan fingerprint density at radius 2 is 1.87 bits per heavy atom. The first kappa shape index (κ1) is 19.3. The number of aromatic amines is 1. The first-order valence-electron chi connectivity index (χ1n) is 9.65. The van der Waals surface area contributed by atoms with Crippen molar-refractivity contribution in [2.45, 2.75) is 19.8 Å². The van der Waals surface area contributed by atoms with E-state index in [0.29, 0.717) is 23.5 Å². The molecule has 2 heterocycles. The highest BCUT2D eigenvalue weighted by atomic mass is 16.2. The SMILES string of the molecule is Cc1cccc2[nH]c(CCC(=O)Nc3cccc(C(=O)Nc4ccccn4)c3)nc12. The third-order valence-electron chi connectivity index (χ3n) is 4.67. The van der Waals surface area contributed by atoms with Crippen LogP contribution in [-0.2, 0) is 11.2 Å². The van der Waals surface area contributed by atoms with E-state index in [1.807, 2.05) is 25.1 Å². The smallest absolute Gasteiger partial charge is 0.256 e. The van der Waals surface area contributed by atoms with Gasteiger partial charge in [0, 0.05) is 30.3 Å². The number of nitrogens with one attached hydrogen (secondary N) is 3. The Hall–Kier alpha value is -4.00. The van der Waals surface area contributed by atoms with Crippen LogP contribution in [0.4, 0.5) is 11.5 Å². The molecular weight excluding hydrogens is 378 g/mol. The fourth-order valence-electron chi connectivity index (χ4n) is 3.16. The summed E-state index contributed by atoms with van der Waals surface area (Å²) in [5.41, 5.74) is 4.00. The van der Waals surface area contributed by atoms with Crippen LogP contribution in [0.25, 0.3) is 11.0 Å². The minimum atomic E-state index is -0.289. The van der Waals surface area contributed by atoms with Crippen LogP contribution in [0.5, 0.6) is 0 Å². The molecule has 7 heteroatoms. The van der Waals surface area contributed by atoms with E-state index < -0.39 is 0 Å². The second kappa shape index (κ2) is 8.57. The number of aryl methyl sites for hydroxylation is 2. The molecule has 150 valence electrons. The summed E-state index contributed by atoms with van der Waals surface area (Å²) in [7, 11) is 0. The number of rotatable bonds is 6. The lowest BCUT2D eigenvalue weighted by Crippen LogP contribution is -2.15. The number of nitrogens with zero attached hydrogens (tertiary/aromatic N) is 2. The van der Waals surface area contributed by atoms with E-state index in [0.717, 1.165) is 22.4 Å². The molecule has 0 aliphatic carbocycles. The molecule has 2 aromatic heterocycles. The average Bonchev–Trinajstić information content (AvgIpc) is 3.18. The van der Waals surface area contributed by atoms with E-state index in [-0.39, 0.29) is 18.2 Å². The fraction of sp³-hybridized carbons (Fsp3) is 0.130. The minimum Gasteiger partial charge on any atom is -0.342 e. The Morgan fingerprint density at radius 1 is 1.00 bits per heavy atom. The van der Waals surface area contributed by atoms with Gasteiger partial charge < -0.3 is 15.6 Å². The van der Waals surface area contributed by atoms with Crippen LogP contribution in [0.2, 0.25) is 0 Å². The molecule has 2 amide bonds. The van der Waals surface area contributed by atoms with Crippen molar-refractivity contribution < 1.29 is 9.59 Å². The van der Waals surface area contributed by atoms with Crippen molar-refractivity contribution in [3.8, 4) is 0 Å². The molecule has 0 unspecified atom stereocenters. The molecule has 0 radical (unpaired) electrons. The zero-order chi connectivity index (χ0) is 20.9. The third kappa shape index (κ3) is 4.52. The highest BCUT2D eigenvalue weighted by Crippen LogP contribution is 2.17. The number of amides is 2. The van der Waals surface area contributed by atoms with Gasteiger partial charge in [-0.25, -0.2) is 9.97 Å². The van der Waals surface area contributed by atoms with Gasteiger partial charge >= 0.3 is 0 Å². The van der Waals surface area contributed by atoms with Crippen LogP contribution in [0.3, 0.4) is 0 Å². The van der Waals surface area contributed by atoms with E-state index in [1.165, 1.54) is 0 Å². The van der Waals surface area contributed by atoms with Gasteiger partial charge in [-0.15, -0.1) is 0 Å². The predicted octanol–water partition coefficient (Wildman–Crippen LogP) is 4.09. The first-order valence-corrected chi connectivity index (χ1v) is 9.65. The number of imidazole rings is 1. The largest absolute Gasteiger partial charge is 0.342 e. The molecule has 0 saturated heterocycles. The van der Waals surface area contributed by atoms with Crippen molar-refractivity contribution in [1.82, 2.24) is 15.0 Å². The Balaban J connectivity index is 1.36. The molecule has 0 saturated carbocycles. The van der Waals surface area contributed by atoms with Crippen LogP contribution in [-0.4, -0.2) is 26.8 Å². The highest BCUT2D eigenvalue weighted by Gasteiger charge is 2.10. The number of para-hydroxylation sites is 1. The number of H-pyrrole nitrogens is 1. The maximum atomic E-state index is 12.4. The molecule has 0 fully saturated rings. The Labute approximate surface area is 173 Å². The number of hydrogen-bond donors (Lipinski definition) is 3. The van der Waals surface area contributed by atoms with Gasteiger partial charge in [-0.3, -0.25) is 9.59 Å². The number of fused-ring (bicyclic) bond motifs is 1. The number of carbonyl (C=O) groups is 2. The summed E-state index contributed by atoms with van der Waals surface area (Å²) in [6.45, 7) is 2.01. The van der Waals surface area contributed by atoms with Crippen molar-refractivity contribution in [3.05, 3.63) is 83.8 Å². The zero-order valence-corrected chi connectivity index (χ0v) is 16.5. The summed E-state index contributed by atoms with van der Waals surface area (Å²) in [5, 5.41) is 5.57. The molecule has 0 aliphatic heterocycles. The second-order valence-electron chi connectivity index (χ2n) is 6.95. The van der Waals surface area contributed by atoms with E-state index in [1.54, 1.807) is 48.7 Å². The lowest BCUT2D eigenvalue weighted by molar-refractivity contribution is -0.116. The van der Waals surface area contributed by atoms with Gasteiger partial charge in [0.2, 0.25) is 5.91 Å². The lowest BCUT2D eigenvalue weighted by Gasteiger charge is -2.08. The number of benzene rings is 2. The summed E-state index contributed by atoms with van der Waals surface area (Å²) in [5.74, 6) is 0.813. The zero-order valence-electron chi connectivity index (χ0n) is 16.5. The maximum absolute atomic E-state index is 12.4. The van der Waals surface area contributed by atoms with Gasteiger partial charge in [-0.05, 0) is 48.9 Å². The molecule has 0 bridgehead atoms. The van der Waals surface area contributed by atoms with E-state index in [2.05, 4.69) is 25.6 Å². The monoisotopic (exact) mass is 399 g/mol. The van der Waals surface area contributed by atoms with Crippen LogP contribution in [0.15, 0.2) is 66.9 Å². The first-order chi connectivity index (χ1) is 14.6. The normalized spacial score (nSPS) is 10.7.